The molecule has 1 aromatic carbocycles. The number of nitro groups is 1. The highest BCUT2D eigenvalue weighted by Gasteiger charge is 2.53. The largest absolute Gasteiger partial charge is 0.321 e. The minimum atomic E-state index is -0.654. The normalized spacial score (nSPS) is 26.1. The molecule has 4 fully saturated rings. The van der Waals surface area contributed by atoms with Crippen molar-refractivity contribution < 1.29 is 14.5 Å². The van der Waals surface area contributed by atoms with Gasteiger partial charge >= 0.3 is 5.69 Å². The Kier molecular flexibility index (Phi) is 5.16. The number of nitrogens with zero attached hydrogens (tertiary/aromatic N) is 5. The zero-order valence-corrected chi connectivity index (χ0v) is 19.9. The van der Waals surface area contributed by atoms with Crippen LogP contribution in [0.2, 0.25) is 0 Å². The van der Waals surface area contributed by atoms with Gasteiger partial charge in [0.15, 0.2) is 5.69 Å². The number of aryl methyl sites for hydroxylation is 1. The van der Waals surface area contributed by atoms with Crippen LogP contribution in [0.4, 0.5) is 17.1 Å². The van der Waals surface area contributed by atoms with Crippen LogP contribution in [0.5, 0.6) is 0 Å². The molecule has 2 amide bonds. The van der Waals surface area contributed by atoms with Crippen LogP contribution in [0.25, 0.3) is 0 Å². The fourth-order valence-corrected chi connectivity index (χ4v) is 6.84. The Balaban J connectivity index is 1.23. The van der Waals surface area contributed by atoms with Crippen molar-refractivity contribution in [2.75, 3.05) is 10.6 Å². The van der Waals surface area contributed by atoms with Crippen molar-refractivity contribution in [2.45, 2.75) is 44.1 Å². The van der Waals surface area contributed by atoms with E-state index >= 15 is 0 Å². The molecule has 36 heavy (non-hydrogen) atoms. The topological polar surface area (TPSA) is 137 Å². The maximum absolute atomic E-state index is 13.1. The molecule has 186 valence electrons. The fourth-order valence-electron chi connectivity index (χ4n) is 6.84. The molecule has 0 saturated heterocycles. The number of carbonyl (C=O) groups is 2. The van der Waals surface area contributed by atoms with Gasteiger partial charge in [0.2, 0.25) is 5.69 Å². The van der Waals surface area contributed by atoms with Crippen molar-refractivity contribution >= 4 is 28.9 Å². The summed E-state index contributed by atoms with van der Waals surface area (Å²) in [6.07, 6.45) is 9.74. The summed E-state index contributed by atoms with van der Waals surface area (Å²) in [6.45, 7) is 0. The minimum Gasteiger partial charge on any atom is -0.321 e. The van der Waals surface area contributed by atoms with Crippen molar-refractivity contribution in [3.63, 3.8) is 0 Å². The van der Waals surface area contributed by atoms with Crippen molar-refractivity contribution in [3.8, 4) is 0 Å². The van der Waals surface area contributed by atoms with Gasteiger partial charge in [-0.15, -0.1) is 0 Å². The second-order valence-corrected chi connectivity index (χ2v) is 10.6. The highest BCUT2D eigenvalue weighted by molar-refractivity contribution is 6.06. The summed E-state index contributed by atoms with van der Waals surface area (Å²) in [4.78, 5) is 36.9. The molecule has 4 bridgehead atoms. The molecular weight excluding hydrogens is 462 g/mol. The maximum atomic E-state index is 13.1. The predicted molar refractivity (Wildman–Crippen MR) is 131 cm³/mol. The molecule has 3 aromatic rings. The second kappa shape index (κ2) is 8.28. The molecule has 0 aliphatic heterocycles. The number of aromatic nitrogens is 4. The monoisotopic (exact) mass is 489 g/mol. The summed E-state index contributed by atoms with van der Waals surface area (Å²) in [5.41, 5.74) is 0.391. The van der Waals surface area contributed by atoms with Crippen LogP contribution >= 0.6 is 0 Å². The third-order valence-corrected chi connectivity index (χ3v) is 7.92. The first-order valence-electron chi connectivity index (χ1n) is 12.2. The Hall–Kier alpha value is -4.02. The van der Waals surface area contributed by atoms with Gasteiger partial charge in [-0.3, -0.25) is 29.1 Å². The zero-order chi connectivity index (χ0) is 25.0. The van der Waals surface area contributed by atoms with Gasteiger partial charge in [0.25, 0.3) is 11.8 Å². The number of benzene rings is 1. The van der Waals surface area contributed by atoms with E-state index in [0.717, 1.165) is 19.3 Å². The van der Waals surface area contributed by atoms with Gasteiger partial charge in [-0.25, -0.2) is 0 Å². The van der Waals surface area contributed by atoms with E-state index in [1.165, 1.54) is 30.1 Å². The van der Waals surface area contributed by atoms with Gasteiger partial charge in [-0.1, -0.05) is 6.07 Å². The van der Waals surface area contributed by atoms with Crippen LogP contribution in [0.1, 0.15) is 59.5 Å². The van der Waals surface area contributed by atoms with Gasteiger partial charge in [0.05, 0.1) is 10.5 Å². The summed E-state index contributed by atoms with van der Waals surface area (Å²) in [5, 5.41) is 25.9. The van der Waals surface area contributed by atoms with Crippen LogP contribution in [0, 0.1) is 27.9 Å². The first-order valence-corrected chi connectivity index (χ1v) is 12.2. The average molecular weight is 490 g/mol. The fraction of sp³-hybridized carbons (Fsp3) is 0.440. The number of hydrogen-bond acceptors (Lipinski definition) is 6. The Bertz CT molecular complexity index is 1340. The predicted octanol–water partition coefficient (Wildman–Crippen LogP) is 3.95. The van der Waals surface area contributed by atoms with E-state index in [1.54, 1.807) is 48.3 Å². The third kappa shape index (κ3) is 3.94. The number of amides is 2. The van der Waals surface area contributed by atoms with Crippen LogP contribution in [-0.4, -0.2) is 36.3 Å². The smallest absolute Gasteiger partial charge is 0.320 e. The van der Waals surface area contributed by atoms with Gasteiger partial charge in [-0.2, -0.15) is 10.2 Å². The lowest BCUT2D eigenvalue weighted by atomic mass is 9.53. The van der Waals surface area contributed by atoms with E-state index in [0.29, 0.717) is 29.1 Å². The molecule has 2 N–H and O–H groups in total. The number of rotatable bonds is 6. The molecule has 7 rings (SSSR count). The Morgan fingerprint density at radius 2 is 1.61 bits per heavy atom. The molecule has 0 unspecified atom stereocenters. The third-order valence-electron chi connectivity index (χ3n) is 7.92. The summed E-state index contributed by atoms with van der Waals surface area (Å²) < 4.78 is 3.26. The molecule has 0 radical (unpaired) electrons. The summed E-state index contributed by atoms with van der Waals surface area (Å²) in [7, 11) is 1.72. The number of nitrogens with one attached hydrogen (secondary N) is 2. The van der Waals surface area contributed by atoms with Crippen molar-refractivity contribution in [1.29, 1.82) is 0 Å². The van der Waals surface area contributed by atoms with Crippen LogP contribution in [0.15, 0.2) is 42.7 Å². The number of anilines is 2. The van der Waals surface area contributed by atoms with E-state index < -0.39 is 10.8 Å². The Morgan fingerprint density at radius 1 is 1.00 bits per heavy atom. The lowest BCUT2D eigenvalue weighted by molar-refractivity contribution is -0.385. The van der Waals surface area contributed by atoms with Crippen LogP contribution in [-0.2, 0) is 12.6 Å². The average Bonchev–Trinajstić information content (AvgIpc) is 3.46. The number of hydrogen-bond donors (Lipinski definition) is 2. The Labute approximate surface area is 207 Å². The van der Waals surface area contributed by atoms with Gasteiger partial charge in [-0.05, 0) is 80.5 Å². The van der Waals surface area contributed by atoms with E-state index in [-0.39, 0.29) is 28.5 Å². The second-order valence-electron chi connectivity index (χ2n) is 10.6. The minimum absolute atomic E-state index is 0.196. The molecule has 0 atom stereocenters. The molecule has 2 aromatic heterocycles. The summed E-state index contributed by atoms with van der Waals surface area (Å²) in [6, 6.07) is 8.18. The first-order chi connectivity index (χ1) is 17.3. The quantitative estimate of drug-likeness (QED) is 0.397. The SMILES string of the molecule is Cn1ccc(C(=O)Nc2cccc(NC(=O)c3nn(C45CC6CC(CC(C6)C4)C5)cc3[N+](=O)[O-])c2)n1. The molecule has 0 spiro atoms. The zero-order valence-electron chi connectivity index (χ0n) is 19.9. The molecule has 2 heterocycles. The highest BCUT2D eigenvalue weighted by atomic mass is 16.6. The highest BCUT2D eigenvalue weighted by Crippen LogP contribution is 2.58. The van der Waals surface area contributed by atoms with Gasteiger partial charge < -0.3 is 10.6 Å². The first kappa shape index (κ1) is 22.4. The van der Waals surface area contributed by atoms with E-state index in [1.807, 2.05) is 0 Å². The summed E-state index contributed by atoms with van der Waals surface area (Å²) in [5.74, 6) is 0.880. The number of carbonyl (C=O) groups excluding carboxylic acids is 2. The van der Waals surface area contributed by atoms with Crippen molar-refractivity contribution in [3.05, 3.63) is 64.2 Å². The van der Waals surface area contributed by atoms with Crippen LogP contribution in [0.3, 0.4) is 0 Å². The molecule has 4 aliphatic carbocycles. The maximum Gasteiger partial charge on any atom is 0.320 e. The van der Waals surface area contributed by atoms with E-state index in [9.17, 15) is 19.7 Å². The summed E-state index contributed by atoms with van der Waals surface area (Å²) >= 11 is 0. The van der Waals surface area contributed by atoms with Crippen LogP contribution < -0.4 is 10.6 Å². The van der Waals surface area contributed by atoms with Gasteiger partial charge in [0.1, 0.15) is 6.20 Å². The molecular formula is C25H27N7O4. The van der Waals surface area contributed by atoms with Crippen molar-refractivity contribution in [2.24, 2.45) is 24.8 Å². The van der Waals surface area contributed by atoms with E-state index in [2.05, 4.69) is 20.8 Å². The lowest BCUT2D eigenvalue weighted by Gasteiger charge is -2.56. The standard InChI is InChI=1S/C25H27N7O4/c1-30-6-5-20(28-30)23(33)26-18-3-2-4-19(10-18)27-24(34)22-21(32(35)36)14-31(29-22)25-11-15-7-16(12-25)9-17(8-15)13-25/h2-6,10,14-17H,7-9,11-13H2,1H3,(H,26,33)(H,27,34). The Morgan fingerprint density at radius 3 is 2.17 bits per heavy atom. The molecule has 11 nitrogen and oxygen atoms in total. The van der Waals surface area contributed by atoms with Gasteiger partial charge in [0, 0.05) is 24.6 Å². The molecule has 4 saturated carbocycles. The van der Waals surface area contributed by atoms with E-state index in [4.69, 9.17) is 0 Å². The lowest BCUT2D eigenvalue weighted by Crippen LogP contribution is -2.52. The molecule has 4 aliphatic rings. The van der Waals surface area contributed by atoms with Crippen molar-refractivity contribution in [1.82, 2.24) is 19.6 Å². The molecule has 11 heteroatoms.